The van der Waals surface area contributed by atoms with Crippen LogP contribution in [0.4, 0.5) is 5.69 Å². The van der Waals surface area contributed by atoms with Crippen molar-refractivity contribution in [1.29, 1.82) is 0 Å². The molecular formula is C16H25NO2. The molecule has 0 spiro atoms. The minimum absolute atomic E-state index is 0.146. The van der Waals surface area contributed by atoms with Crippen molar-refractivity contribution >= 4 is 5.69 Å². The Balaban J connectivity index is 2.11. The van der Waals surface area contributed by atoms with Crippen molar-refractivity contribution in [2.75, 3.05) is 25.2 Å². The molecule has 1 aromatic rings. The lowest BCUT2D eigenvalue weighted by Gasteiger charge is -2.47. The van der Waals surface area contributed by atoms with Gasteiger partial charge in [-0.25, -0.2) is 0 Å². The predicted molar refractivity (Wildman–Crippen MR) is 78.8 cm³/mol. The minimum atomic E-state index is 0.146. The van der Waals surface area contributed by atoms with E-state index >= 15 is 0 Å². The van der Waals surface area contributed by atoms with Crippen molar-refractivity contribution in [1.82, 2.24) is 0 Å². The standard InChI is InChI=1S/C16H25NO2/c1-16(2)12-13(9-11-18)8-10-17(16)14-4-6-15(19-3)7-5-14/h4-7,13,18H,8-12H2,1-3H3. The average Bonchev–Trinajstić information content (AvgIpc) is 2.38. The van der Waals surface area contributed by atoms with Gasteiger partial charge in [0.15, 0.2) is 0 Å². The number of nitrogens with zero attached hydrogens (tertiary/aromatic N) is 1. The van der Waals surface area contributed by atoms with E-state index in [2.05, 4.69) is 30.9 Å². The topological polar surface area (TPSA) is 32.7 Å². The van der Waals surface area contributed by atoms with Crippen LogP contribution in [0, 0.1) is 5.92 Å². The van der Waals surface area contributed by atoms with Crippen molar-refractivity contribution in [2.45, 2.75) is 38.6 Å². The summed E-state index contributed by atoms with van der Waals surface area (Å²) in [4.78, 5) is 2.47. The number of rotatable bonds is 4. The van der Waals surface area contributed by atoms with Crippen LogP contribution in [-0.2, 0) is 0 Å². The van der Waals surface area contributed by atoms with Crippen LogP contribution in [0.5, 0.6) is 5.75 Å². The highest BCUT2D eigenvalue weighted by atomic mass is 16.5. The third kappa shape index (κ3) is 3.21. The van der Waals surface area contributed by atoms with Crippen molar-refractivity contribution in [3.8, 4) is 5.75 Å². The van der Waals surface area contributed by atoms with Crippen LogP contribution in [0.1, 0.15) is 33.1 Å². The molecule has 106 valence electrons. The molecule has 0 amide bonds. The zero-order valence-electron chi connectivity index (χ0n) is 12.2. The molecule has 1 atom stereocenters. The Hall–Kier alpha value is -1.22. The summed E-state index contributed by atoms with van der Waals surface area (Å²) in [6.45, 7) is 5.95. The maximum absolute atomic E-state index is 9.10. The lowest BCUT2D eigenvalue weighted by atomic mass is 9.81. The Morgan fingerprint density at radius 1 is 1.32 bits per heavy atom. The van der Waals surface area contributed by atoms with E-state index in [1.807, 2.05) is 12.1 Å². The summed E-state index contributed by atoms with van der Waals surface area (Å²) in [7, 11) is 1.69. The molecule has 0 bridgehead atoms. The van der Waals surface area contributed by atoms with Crippen molar-refractivity contribution in [3.63, 3.8) is 0 Å². The summed E-state index contributed by atoms with van der Waals surface area (Å²) in [6.07, 6.45) is 3.23. The molecule has 1 N–H and O–H groups in total. The number of ether oxygens (including phenoxy) is 1. The number of hydrogen-bond donors (Lipinski definition) is 1. The Bertz CT molecular complexity index is 400. The first-order valence-electron chi connectivity index (χ1n) is 7.09. The molecule has 1 aliphatic rings. The highest BCUT2D eigenvalue weighted by molar-refractivity contribution is 5.51. The molecule has 0 aromatic heterocycles. The molecule has 0 saturated carbocycles. The summed E-state index contributed by atoms with van der Waals surface area (Å²) in [5.74, 6) is 1.55. The molecule has 3 heteroatoms. The first-order valence-corrected chi connectivity index (χ1v) is 7.09. The molecule has 2 rings (SSSR count). The largest absolute Gasteiger partial charge is 0.497 e. The molecule has 3 nitrogen and oxygen atoms in total. The van der Waals surface area contributed by atoms with Gasteiger partial charge in [-0.3, -0.25) is 0 Å². The van der Waals surface area contributed by atoms with E-state index in [4.69, 9.17) is 9.84 Å². The third-order valence-electron chi connectivity index (χ3n) is 4.20. The van der Waals surface area contributed by atoms with Crippen LogP contribution in [0.3, 0.4) is 0 Å². The maximum atomic E-state index is 9.10. The molecule has 0 radical (unpaired) electrons. The average molecular weight is 263 g/mol. The van der Waals surface area contributed by atoms with Crippen molar-refractivity contribution in [2.24, 2.45) is 5.92 Å². The molecular weight excluding hydrogens is 238 g/mol. The van der Waals surface area contributed by atoms with E-state index in [-0.39, 0.29) is 5.54 Å². The lowest BCUT2D eigenvalue weighted by Crippen LogP contribution is -2.50. The van der Waals surface area contributed by atoms with Gasteiger partial charge in [0.25, 0.3) is 0 Å². The summed E-state index contributed by atoms with van der Waals surface area (Å²) < 4.78 is 5.21. The molecule has 1 saturated heterocycles. The van der Waals surface area contributed by atoms with Crippen LogP contribution in [-0.4, -0.2) is 30.9 Å². The van der Waals surface area contributed by atoms with Gasteiger partial charge in [0.1, 0.15) is 5.75 Å². The minimum Gasteiger partial charge on any atom is -0.497 e. The van der Waals surface area contributed by atoms with Gasteiger partial charge in [-0.15, -0.1) is 0 Å². The summed E-state index contributed by atoms with van der Waals surface area (Å²) in [5, 5.41) is 9.10. The van der Waals surface area contributed by atoms with Crippen molar-refractivity contribution in [3.05, 3.63) is 24.3 Å². The van der Waals surface area contributed by atoms with Crippen LogP contribution in [0.15, 0.2) is 24.3 Å². The Morgan fingerprint density at radius 3 is 2.53 bits per heavy atom. The van der Waals surface area contributed by atoms with Crippen LogP contribution in [0.2, 0.25) is 0 Å². The van der Waals surface area contributed by atoms with E-state index < -0.39 is 0 Å². The molecule has 1 aliphatic heterocycles. The number of aliphatic hydroxyl groups is 1. The SMILES string of the molecule is COc1ccc(N2CCC(CCO)CC2(C)C)cc1. The number of anilines is 1. The fourth-order valence-electron chi connectivity index (χ4n) is 3.20. The first kappa shape index (κ1) is 14.2. The molecule has 1 heterocycles. The molecule has 1 fully saturated rings. The zero-order chi connectivity index (χ0) is 13.9. The summed E-state index contributed by atoms with van der Waals surface area (Å²) in [6, 6.07) is 8.30. The smallest absolute Gasteiger partial charge is 0.119 e. The van der Waals surface area contributed by atoms with Gasteiger partial charge in [-0.1, -0.05) is 0 Å². The molecule has 19 heavy (non-hydrogen) atoms. The summed E-state index contributed by atoms with van der Waals surface area (Å²) >= 11 is 0. The second-order valence-corrected chi connectivity index (χ2v) is 6.03. The van der Waals surface area contributed by atoms with Crippen LogP contribution < -0.4 is 9.64 Å². The van der Waals surface area contributed by atoms with Crippen LogP contribution in [0.25, 0.3) is 0 Å². The zero-order valence-corrected chi connectivity index (χ0v) is 12.2. The van der Waals surface area contributed by atoms with Gasteiger partial charge in [0.05, 0.1) is 7.11 Å². The number of methoxy groups -OCH3 is 1. The quantitative estimate of drug-likeness (QED) is 0.906. The van der Waals surface area contributed by atoms with Crippen LogP contribution >= 0.6 is 0 Å². The summed E-state index contributed by atoms with van der Waals surface area (Å²) in [5.41, 5.74) is 1.40. The van der Waals surface area contributed by atoms with Gasteiger partial charge in [0, 0.05) is 24.4 Å². The molecule has 1 aromatic carbocycles. The number of aliphatic hydroxyl groups excluding tert-OH is 1. The maximum Gasteiger partial charge on any atom is 0.119 e. The fraction of sp³-hybridized carbons (Fsp3) is 0.625. The fourth-order valence-corrected chi connectivity index (χ4v) is 3.20. The van der Waals surface area contributed by atoms with E-state index in [1.165, 1.54) is 5.69 Å². The predicted octanol–water partition coefficient (Wildman–Crippen LogP) is 3.07. The lowest BCUT2D eigenvalue weighted by molar-refractivity contribution is 0.205. The Morgan fingerprint density at radius 2 is 2.00 bits per heavy atom. The second-order valence-electron chi connectivity index (χ2n) is 6.03. The highest BCUT2D eigenvalue weighted by Crippen LogP contribution is 2.36. The van der Waals surface area contributed by atoms with Gasteiger partial charge in [-0.2, -0.15) is 0 Å². The van der Waals surface area contributed by atoms with Gasteiger partial charge in [-0.05, 0) is 63.3 Å². The monoisotopic (exact) mass is 263 g/mol. The molecule has 1 unspecified atom stereocenters. The number of piperidine rings is 1. The Labute approximate surface area is 116 Å². The van der Waals surface area contributed by atoms with Gasteiger partial charge in [0.2, 0.25) is 0 Å². The highest BCUT2D eigenvalue weighted by Gasteiger charge is 2.34. The Kier molecular flexibility index (Phi) is 4.35. The first-order chi connectivity index (χ1) is 9.06. The molecule has 0 aliphatic carbocycles. The van der Waals surface area contributed by atoms with Gasteiger partial charge < -0.3 is 14.7 Å². The number of hydrogen-bond acceptors (Lipinski definition) is 3. The number of benzene rings is 1. The van der Waals surface area contributed by atoms with Crippen molar-refractivity contribution < 1.29 is 9.84 Å². The van der Waals surface area contributed by atoms with E-state index in [0.717, 1.165) is 31.6 Å². The van der Waals surface area contributed by atoms with E-state index in [9.17, 15) is 0 Å². The third-order valence-corrected chi connectivity index (χ3v) is 4.20. The normalized spacial score (nSPS) is 22.3. The second kappa shape index (κ2) is 5.83. The van der Waals surface area contributed by atoms with E-state index in [1.54, 1.807) is 7.11 Å². The van der Waals surface area contributed by atoms with Gasteiger partial charge >= 0.3 is 0 Å². The van der Waals surface area contributed by atoms with E-state index in [0.29, 0.717) is 12.5 Å².